The van der Waals surface area contributed by atoms with E-state index in [2.05, 4.69) is 50.8 Å². The number of esters is 1. The Hall–Kier alpha value is -1.39. The topological polar surface area (TPSA) is 49.8 Å². The molecule has 1 aromatic carbocycles. The zero-order chi connectivity index (χ0) is 18.1. The van der Waals surface area contributed by atoms with Gasteiger partial charge < -0.3 is 9.84 Å². The minimum absolute atomic E-state index is 0.0680. The molecule has 1 aromatic rings. The number of hydrogen-bond donors (Lipinski definition) is 1. The van der Waals surface area contributed by atoms with E-state index in [1.165, 1.54) is 16.7 Å². The first-order chi connectivity index (χ1) is 11.4. The van der Waals surface area contributed by atoms with Crippen LogP contribution in [0.5, 0.6) is 0 Å². The van der Waals surface area contributed by atoms with Crippen molar-refractivity contribution < 1.29 is 14.6 Å². The lowest BCUT2D eigenvalue weighted by atomic mass is 10.0. The molecule has 24 heavy (non-hydrogen) atoms. The van der Waals surface area contributed by atoms with E-state index in [-0.39, 0.29) is 12.6 Å². The first kappa shape index (κ1) is 20.7. The fourth-order valence-electron chi connectivity index (χ4n) is 2.64. The summed E-state index contributed by atoms with van der Waals surface area (Å²) in [4.78, 5) is 13.7. The number of rotatable bonds is 10. The molecule has 0 saturated carbocycles. The van der Waals surface area contributed by atoms with Crippen LogP contribution in [0.4, 0.5) is 0 Å². The van der Waals surface area contributed by atoms with Gasteiger partial charge in [0.2, 0.25) is 0 Å². The molecule has 0 aliphatic rings. The van der Waals surface area contributed by atoms with E-state index in [1.807, 2.05) is 6.92 Å². The highest BCUT2D eigenvalue weighted by Crippen LogP contribution is 2.16. The summed E-state index contributed by atoms with van der Waals surface area (Å²) in [5, 5.41) is 10.3. The minimum Gasteiger partial charge on any atom is -0.463 e. The van der Waals surface area contributed by atoms with E-state index in [0.717, 1.165) is 19.4 Å². The zero-order valence-corrected chi connectivity index (χ0v) is 15.8. The van der Waals surface area contributed by atoms with Crippen molar-refractivity contribution in [1.29, 1.82) is 0 Å². The van der Waals surface area contributed by atoms with Gasteiger partial charge in [0, 0.05) is 25.6 Å². The number of aliphatic hydroxyl groups is 1. The molecular weight excluding hydrogens is 302 g/mol. The van der Waals surface area contributed by atoms with E-state index in [4.69, 9.17) is 4.74 Å². The molecule has 0 aliphatic heterocycles. The van der Waals surface area contributed by atoms with Crippen molar-refractivity contribution in [3.8, 4) is 0 Å². The number of hydrogen-bond acceptors (Lipinski definition) is 4. The third-order valence-electron chi connectivity index (χ3n) is 4.43. The molecule has 1 rings (SSSR count). The highest BCUT2D eigenvalue weighted by Gasteiger charge is 2.19. The SMILES string of the molecule is CCCC(=O)OC[C@H](O)CN(Cc1cc(C)ccc1C)[C@@H](C)CC. The van der Waals surface area contributed by atoms with Gasteiger partial charge in [-0.3, -0.25) is 9.69 Å². The molecule has 0 bridgehead atoms. The van der Waals surface area contributed by atoms with E-state index in [0.29, 0.717) is 19.0 Å². The third-order valence-corrected chi connectivity index (χ3v) is 4.43. The fourth-order valence-corrected chi connectivity index (χ4v) is 2.64. The number of benzene rings is 1. The number of nitrogens with zero attached hydrogens (tertiary/aromatic N) is 1. The Bertz CT molecular complexity index is 516. The summed E-state index contributed by atoms with van der Waals surface area (Å²) in [7, 11) is 0. The Morgan fingerprint density at radius 3 is 2.62 bits per heavy atom. The van der Waals surface area contributed by atoms with Gasteiger partial charge in [-0.25, -0.2) is 0 Å². The molecule has 0 saturated heterocycles. The second-order valence-electron chi connectivity index (χ2n) is 6.70. The van der Waals surface area contributed by atoms with Gasteiger partial charge in [0.15, 0.2) is 0 Å². The van der Waals surface area contributed by atoms with E-state index in [9.17, 15) is 9.90 Å². The van der Waals surface area contributed by atoms with Gasteiger partial charge in [0.1, 0.15) is 12.7 Å². The molecule has 0 radical (unpaired) electrons. The lowest BCUT2D eigenvalue weighted by Gasteiger charge is -2.31. The average Bonchev–Trinajstić information content (AvgIpc) is 2.55. The van der Waals surface area contributed by atoms with Crippen LogP contribution >= 0.6 is 0 Å². The molecule has 0 spiro atoms. The molecule has 1 N–H and O–H groups in total. The summed E-state index contributed by atoms with van der Waals surface area (Å²) in [6, 6.07) is 6.82. The summed E-state index contributed by atoms with van der Waals surface area (Å²) in [6.07, 6.45) is 1.52. The molecule has 0 fully saturated rings. The van der Waals surface area contributed by atoms with E-state index >= 15 is 0 Å². The van der Waals surface area contributed by atoms with Gasteiger partial charge in [-0.05, 0) is 44.7 Å². The quantitative estimate of drug-likeness (QED) is 0.664. The highest BCUT2D eigenvalue weighted by molar-refractivity contribution is 5.69. The van der Waals surface area contributed by atoms with Gasteiger partial charge >= 0.3 is 5.97 Å². The standard InChI is InChI=1S/C20H33NO3/c1-6-8-20(23)24-14-19(22)13-21(17(5)7-2)12-18-11-15(3)9-10-16(18)4/h9-11,17,19,22H,6-8,12-14H2,1-5H3/t17-,19+/m0/s1. The Kier molecular flexibility index (Phi) is 9.01. The second-order valence-corrected chi connectivity index (χ2v) is 6.70. The van der Waals surface area contributed by atoms with Gasteiger partial charge in [-0.2, -0.15) is 0 Å². The van der Waals surface area contributed by atoms with Crippen molar-refractivity contribution in [1.82, 2.24) is 4.90 Å². The lowest BCUT2D eigenvalue weighted by Crippen LogP contribution is -2.40. The van der Waals surface area contributed by atoms with Crippen LogP contribution < -0.4 is 0 Å². The van der Waals surface area contributed by atoms with Crippen LogP contribution in [0.15, 0.2) is 18.2 Å². The molecule has 0 unspecified atom stereocenters. The summed E-state index contributed by atoms with van der Waals surface area (Å²) in [5.41, 5.74) is 3.79. The third kappa shape index (κ3) is 7.02. The van der Waals surface area contributed by atoms with Gasteiger partial charge in [0.25, 0.3) is 0 Å². The summed E-state index contributed by atoms with van der Waals surface area (Å²) in [6.45, 7) is 11.8. The van der Waals surface area contributed by atoms with Crippen molar-refractivity contribution in [2.75, 3.05) is 13.2 Å². The Morgan fingerprint density at radius 2 is 2.00 bits per heavy atom. The molecule has 4 heteroatoms. The van der Waals surface area contributed by atoms with Crippen LogP contribution in [0, 0.1) is 13.8 Å². The molecule has 2 atom stereocenters. The molecule has 136 valence electrons. The Morgan fingerprint density at radius 1 is 1.29 bits per heavy atom. The molecule has 0 heterocycles. The molecule has 0 aromatic heterocycles. The predicted molar refractivity (Wildman–Crippen MR) is 98.0 cm³/mol. The largest absolute Gasteiger partial charge is 0.463 e. The van der Waals surface area contributed by atoms with E-state index in [1.54, 1.807) is 0 Å². The number of aryl methyl sites for hydroxylation is 2. The maximum Gasteiger partial charge on any atom is 0.305 e. The van der Waals surface area contributed by atoms with Crippen LogP contribution in [-0.4, -0.2) is 41.3 Å². The van der Waals surface area contributed by atoms with Gasteiger partial charge in [-0.15, -0.1) is 0 Å². The molecular formula is C20H33NO3. The Labute approximate surface area is 146 Å². The predicted octanol–water partition coefficient (Wildman–Crippen LogP) is 3.61. The Balaban J connectivity index is 2.68. The summed E-state index contributed by atoms with van der Waals surface area (Å²) < 4.78 is 5.14. The number of carbonyl (C=O) groups is 1. The molecule has 0 aliphatic carbocycles. The summed E-state index contributed by atoms with van der Waals surface area (Å²) in [5.74, 6) is -0.235. The summed E-state index contributed by atoms with van der Waals surface area (Å²) >= 11 is 0. The van der Waals surface area contributed by atoms with Gasteiger partial charge in [-0.1, -0.05) is 37.6 Å². The van der Waals surface area contributed by atoms with Crippen LogP contribution in [0.3, 0.4) is 0 Å². The average molecular weight is 335 g/mol. The lowest BCUT2D eigenvalue weighted by molar-refractivity contribution is -0.147. The maximum absolute atomic E-state index is 11.4. The zero-order valence-electron chi connectivity index (χ0n) is 15.8. The first-order valence-corrected chi connectivity index (χ1v) is 9.01. The second kappa shape index (κ2) is 10.5. The number of ether oxygens (including phenoxy) is 1. The normalized spacial score (nSPS) is 13.8. The van der Waals surface area contributed by atoms with Crippen molar-refractivity contribution >= 4 is 5.97 Å². The van der Waals surface area contributed by atoms with Gasteiger partial charge in [0.05, 0.1) is 0 Å². The fraction of sp³-hybridized carbons (Fsp3) is 0.650. The first-order valence-electron chi connectivity index (χ1n) is 9.01. The number of carbonyl (C=O) groups excluding carboxylic acids is 1. The maximum atomic E-state index is 11.4. The monoisotopic (exact) mass is 335 g/mol. The van der Waals surface area contributed by atoms with Crippen LogP contribution in [0.25, 0.3) is 0 Å². The van der Waals surface area contributed by atoms with Crippen LogP contribution in [-0.2, 0) is 16.1 Å². The van der Waals surface area contributed by atoms with Crippen LogP contribution in [0.2, 0.25) is 0 Å². The van der Waals surface area contributed by atoms with E-state index < -0.39 is 6.10 Å². The number of aliphatic hydroxyl groups excluding tert-OH is 1. The highest BCUT2D eigenvalue weighted by atomic mass is 16.5. The van der Waals surface area contributed by atoms with Crippen molar-refractivity contribution in [3.05, 3.63) is 34.9 Å². The van der Waals surface area contributed by atoms with Crippen molar-refractivity contribution in [2.45, 2.75) is 72.6 Å². The molecule has 4 nitrogen and oxygen atoms in total. The smallest absolute Gasteiger partial charge is 0.305 e. The molecule has 0 amide bonds. The van der Waals surface area contributed by atoms with Crippen molar-refractivity contribution in [2.24, 2.45) is 0 Å². The minimum atomic E-state index is -0.662. The van der Waals surface area contributed by atoms with Crippen molar-refractivity contribution in [3.63, 3.8) is 0 Å². The van der Waals surface area contributed by atoms with Crippen LogP contribution in [0.1, 0.15) is 56.7 Å².